The second-order valence-corrected chi connectivity index (χ2v) is 17.1. The topological polar surface area (TPSA) is 143 Å². The second-order valence-electron chi connectivity index (χ2n) is 16.2. The monoisotopic (exact) mass is 952 g/mol. The molecular formula is C51H62Cl2N8O6. The Kier molecular flexibility index (Phi) is 21.1. The molecule has 0 bridgehead atoms. The van der Waals surface area contributed by atoms with Crippen molar-refractivity contribution in [2.75, 3.05) is 123 Å². The van der Waals surface area contributed by atoms with E-state index in [2.05, 4.69) is 74.1 Å². The van der Waals surface area contributed by atoms with Crippen molar-refractivity contribution in [3.8, 4) is 12.3 Å². The quantitative estimate of drug-likeness (QED) is 0.0371. The Hall–Kier alpha value is -5.18. The largest absolute Gasteiger partial charge is 0.378 e. The van der Waals surface area contributed by atoms with Crippen LogP contribution in [0.1, 0.15) is 45.3 Å². The van der Waals surface area contributed by atoms with E-state index in [1.54, 1.807) is 25.1 Å². The van der Waals surface area contributed by atoms with Crippen molar-refractivity contribution in [1.29, 1.82) is 0 Å². The van der Waals surface area contributed by atoms with Crippen LogP contribution < -0.4 is 16.0 Å². The Labute approximate surface area is 404 Å². The van der Waals surface area contributed by atoms with Gasteiger partial charge in [-0.15, -0.1) is 6.42 Å². The van der Waals surface area contributed by atoms with Crippen molar-refractivity contribution in [1.82, 2.24) is 30.0 Å². The number of anilines is 2. The lowest BCUT2D eigenvalue weighted by Gasteiger charge is -2.39. The highest BCUT2D eigenvalue weighted by Gasteiger charge is 2.27. The van der Waals surface area contributed by atoms with Gasteiger partial charge in [-0.25, -0.2) is 9.97 Å². The van der Waals surface area contributed by atoms with Crippen molar-refractivity contribution in [3.63, 3.8) is 0 Å². The lowest BCUT2D eigenvalue weighted by Crippen LogP contribution is -2.47. The van der Waals surface area contributed by atoms with Gasteiger partial charge in [0.1, 0.15) is 11.6 Å². The highest BCUT2D eigenvalue weighted by atomic mass is 35.5. The fourth-order valence-corrected chi connectivity index (χ4v) is 8.02. The molecule has 67 heavy (non-hydrogen) atoms. The molecule has 356 valence electrons. The van der Waals surface area contributed by atoms with Crippen LogP contribution in [0.15, 0.2) is 91.0 Å². The second kappa shape index (κ2) is 27.6. The third kappa shape index (κ3) is 16.5. The van der Waals surface area contributed by atoms with Gasteiger partial charge < -0.3 is 39.8 Å². The van der Waals surface area contributed by atoms with Crippen molar-refractivity contribution < 1.29 is 28.5 Å². The minimum atomic E-state index is -0.567. The number of amides is 2. The summed E-state index contributed by atoms with van der Waals surface area (Å²) in [6, 6.07) is 29.7. The fourth-order valence-electron chi connectivity index (χ4n) is 7.77. The van der Waals surface area contributed by atoms with Crippen LogP contribution in [0.4, 0.5) is 11.5 Å². The summed E-state index contributed by atoms with van der Waals surface area (Å²) < 4.78 is 22.6. The summed E-state index contributed by atoms with van der Waals surface area (Å²) in [6.45, 7) is 12.6. The van der Waals surface area contributed by atoms with E-state index < -0.39 is 5.91 Å². The molecule has 1 saturated heterocycles. The Morgan fingerprint density at radius 3 is 2.00 bits per heavy atom. The number of ether oxygens (including phenoxy) is 4. The third-order valence-electron chi connectivity index (χ3n) is 11.4. The molecule has 0 unspecified atom stereocenters. The maximum Gasteiger partial charge on any atom is 0.300 e. The molecule has 6 rings (SSSR count). The summed E-state index contributed by atoms with van der Waals surface area (Å²) in [6.07, 6.45) is 6.08. The number of aromatic nitrogens is 2. The highest BCUT2D eigenvalue weighted by molar-refractivity contribution is 6.30. The molecule has 1 aromatic heterocycles. The highest BCUT2D eigenvalue weighted by Crippen LogP contribution is 2.32. The van der Waals surface area contributed by atoms with Crippen LogP contribution in [0, 0.1) is 19.3 Å². The number of hydrogen-bond donors (Lipinski definition) is 3. The Balaban J connectivity index is 0.797. The van der Waals surface area contributed by atoms with Crippen molar-refractivity contribution in [3.05, 3.63) is 129 Å². The lowest BCUT2D eigenvalue weighted by atomic mass is 9.96. The first-order chi connectivity index (χ1) is 32.7. The Morgan fingerprint density at radius 1 is 0.746 bits per heavy atom. The molecule has 1 aliphatic rings. The van der Waals surface area contributed by atoms with E-state index in [9.17, 15) is 9.59 Å². The summed E-state index contributed by atoms with van der Waals surface area (Å²) >= 11 is 12.5. The van der Waals surface area contributed by atoms with Crippen LogP contribution in [0.5, 0.6) is 0 Å². The van der Waals surface area contributed by atoms with E-state index in [0.717, 1.165) is 84.8 Å². The molecule has 0 radical (unpaired) electrons. The van der Waals surface area contributed by atoms with Crippen LogP contribution in [0.25, 0.3) is 10.9 Å². The fraction of sp³-hybridized carbons (Fsp3) is 0.412. The van der Waals surface area contributed by atoms with Crippen molar-refractivity contribution in [2.24, 2.45) is 0 Å². The van der Waals surface area contributed by atoms with E-state index in [-0.39, 0.29) is 11.9 Å². The molecule has 4 aromatic carbocycles. The van der Waals surface area contributed by atoms with Crippen LogP contribution >= 0.6 is 23.2 Å². The van der Waals surface area contributed by atoms with Gasteiger partial charge in [0.15, 0.2) is 0 Å². The number of nitrogens with zero attached hydrogens (tertiary/aromatic N) is 5. The predicted octanol–water partition coefficient (Wildman–Crippen LogP) is 6.95. The molecule has 5 aromatic rings. The molecule has 1 aliphatic heterocycles. The number of piperazine rings is 1. The Bertz CT molecular complexity index is 2310. The molecule has 2 heterocycles. The molecular weight excluding hydrogens is 892 g/mol. The molecule has 0 atom stereocenters. The zero-order valence-electron chi connectivity index (χ0n) is 38.5. The first kappa shape index (κ1) is 51.2. The molecule has 3 N–H and O–H groups in total. The van der Waals surface area contributed by atoms with Gasteiger partial charge in [0.25, 0.3) is 11.8 Å². The van der Waals surface area contributed by atoms with E-state index in [4.69, 9.17) is 58.5 Å². The van der Waals surface area contributed by atoms with Gasteiger partial charge in [0.05, 0.1) is 71.0 Å². The van der Waals surface area contributed by atoms with Crippen molar-refractivity contribution >= 4 is 57.4 Å². The van der Waals surface area contributed by atoms with Gasteiger partial charge in [-0.2, -0.15) is 0 Å². The minimum Gasteiger partial charge on any atom is -0.378 e. The summed E-state index contributed by atoms with van der Waals surface area (Å²) in [4.78, 5) is 41.4. The number of para-hydroxylation sites is 1. The molecule has 2 amide bonds. The molecule has 0 spiro atoms. The summed E-state index contributed by atoms with van der Waals surface area (Å²) in [5, 5.41) is 11.5. The smallest absolute Gasteiger partial charge is 0.300 e. The number of carbonyl (C=O) groups is 2. The Morgan fingerprint density at radius 2 is 1.36 bits per heavy atom. The van der Waals surface area contributed by atoms with E-state index in [0.29, 0.717) is 82.8 Å². The van der Waals surface area contributed by atoms with Gasteiger partial charge >= 0.3 is 0 Å². The molecule has 14 nitrogen and oxygen atoms in total. The van der Waals surface area contributed by atoms with Gasteiger partial charge in [-0.05, 0) is 98.1 Å². The van der Waals surface area contributed by atoms with E-state index in [1.165, 1.54) is 11.1 Å². The zero-order valence-corrected chi connectivity index (χ0v) is 40.0. The van der Waals surface area contributed by atoms with Crippen LogP contribution in [0.3, 0.4) is 0 Å². The number of rotatable bonds is 27. The molecule has 0 saturated carbocycles. The van der Waals surface area contributed by atoms with Crippen LogP contribution in [-0.4, -0.2) is 149 Å². The summed E-state index contributed by atoms with van der Waals surface area (Å²) in [5.41, 5.74) is 4.95. The lowest BCUT2D eigenvalue weighted by molar-refractivity contribution is -0.111. The molecule has 16 heteroatoms. The maximum absolute atomic E-state index is 12.6. The number of halogens is 2. The van der Waals surface area contributed by atoms with Gasteiger partial charge in [0, 0.05) is 72.5 Å². The maximum atomic E-state index is 12.6. The van der Waals surface area contributed by atoms with Gasteiger partial charge in [-0.1, -0.05) is 65.7 Å². The number of likely N-dealkylation sites (N-methyl/N-ethyl adjacent to an activating group) is 1. The molecule has 0 aliphatic carbocycles. The normalized spacial score (nSPS) is 13.3. The number of carbonyl (C=O) groups excluding carboxylic acids is 2. The first-order valence-corrected chi connectivity index (χ1v) is 23.6. The predicted molar refractivity (Wildman–Crippen MR) is 266 cm³/mol. The number of terminal acetylenes is 1. The number of hydrogen-bond acceptors (Lipinski definition) is 12. The summed E-state index contributed by atoms with van der Waals surface area (Å²) in [5.74, 6) is 2.87. The minimum absolute atomic E-state index is 0.109. The van der Waals surface area contributed by atoms with Gasteiger partial charge in [0.2, 0.25) is 0 Å². The van der Waals surface area contributed by atoms with E-state index >= 15 is 0 Å². The zero-order chi connectivity index (χ0) is 47.2. The van der Waals surface area contributed by atoms with Crippen LogP contribution in [-0.2, 0) is 30.3 Å². The number of fused-ring (bicyclic) bond motifs is 1. The van der Waals surface area contributed by atoms with Crippen LogP contribution in [0.2, 0.25) is 10.0 Å². The standard InChI is InChI=1S/C51H62Cl2N8O6/c1-4-48(62)57-45-12-7-10-43(38(45)2)51(63)55-22-29-64-31-33-66-35-36-67-34-32-65-30-28-59(3)23-8-21-54-50-44-9-5-6-11-46(44)56-47(58-50)37-60-24-26-61(27-25-60)49(39-13-17-41(52)18-14-39)40-15-19-42(53)20-16-40/h1,5-7,9-20,49H,8,21-37H2,2-3H3,(H,55,63)(H,57,62)(H,54,56,58). The average Bonchev–Trinajstić information content (AvgIpc) is 3.33. The number of benzene rings is 4. The third-order valence-corrected chi connectivity index (χ3v) is 11.9. The van der Waals surface area contributed by atoms with Gasteiger partial charge in [-0.3, -0.25) is 19.4 Å². The number of nitrogens with one attached hydrogen (secondary N) is 3. The van der Waals surface area contributed by atoms with Crippen molar-refractivity contribution in [2.45, 2.75) is 25.9 Å². The summed E-state index contributed by atoms with van der Waals surface area (Å²) in [7, 11) is 2.11. The molecule has 1 fully saturated rings. The average molecular weight is 954 g/mol. The SMILES string of the molecule is C#CC(=O)Nc1cccc(C(=O)NCCOCCOCCOCCOCCN(C)CCCNc2nc(CN3CCN(C(c4ccc(Cl)cc4)c4ccc(Cl)cc4)CC3)nc3ccccc23)c1C. The van der Waals surface area contributed by atoms with E-state index in [1.807, 2.05) is 42.3 Å². The first-order valence-electron chi connectivity index (χ1n) is 22.8.